The number of rotatable bonds is 4. The maximum atomic E-state index is 9.65. The van der Waals surface area contributed by atoms with Gasteiger partial charge in [-0.25, -0.2) is 9.79 Å². The van der Waals surface area contributed by atoms with Crippen molar-refractivity contribution in [1.29, 1.82) is 0 Å². The highest BCUT2D eigenvalue weighted by atomic mass is 16.5. The standard InChI is InChI=1S/C6H11NO2/c1-6(7-5-8)3-4-9-2/h6H,3-4H2,1-2H3. The van der Waals surface area contributed by atoms with E-state index in [1.54, 1.807) is 7.11 Å². The van der Waals surface area contributed by atoms with Crippen molar-refractivity contribution < 1.29 is 9.53 Å². The quantitative estimate of drug-likeness (QED) is 0.415. The highest BCUT2D eigenvalue weighted by molar-refractivity contribution is 5.33. The number of nitrogens with zero attached hydrogens (tertiary/aromatic N) is 1. The Hall–Kier alpha value is -0.660. The molecule has 0 saturated carbocycles. The molecule has 0 bridgehead atoms. The summed E-state index contributed by atoms with van der Waals surface area (Å²) in [5, 5.41) is 0. The van der Waals surface area contributed by atoms with E-state index in [0.29, 0.717) is 6.61 Å². The van der Waals surface area contributed by atoms with Crippen molar-refractivity contribution in [2.75, 3.05) is 13.7 Å². The minimum atomic E-state index is 0.0439. The predicted octanol–water partition coefficient (Wildman–Crippen LogP) is 0.747. The van der Waals surface area contributed by atoms with Crippen LogP contribution in [0.25, 0.3) is 0 Å². The minimum absolute atomic E-state index is 0.0439. The van der Waals surface area contributed by atoms with Crippen molar-refractivity contribution in [1.82, 2.24) is 0 Å². The van der Waals surface area contributed by atoms with E-state index in [1.165, 1.54) is 6.08 Å². The van der Waals surface area contributed by atoms with Gasteiger partial charge in [-0.15, -0.1) is 0 Å². The Kier molecular flexibility index (Phi) is 5.07. The Morgan fingerprint density at radius 2 is 2.44 bits per heavy atom. The Morgan fingerprint density at radius 1 is 1.78 bits per heavy atom. The molecule has 0 aromatic rings. The molecule has 0 spiro atoms. The Balaban J connectivity index is 3.26. The van der Waals surface area contributed by atoms with Gasteiger partial charge < -0.3 is 4.74 Å². The van der Waals surface area contributed by atoms with Crippen LogP contribution in [0.4, 0.5) is 0 Å². The largest absolute Gasteiger partial charge is 0.385 e. The zero-order chi connectivity index (χ0) is 7.11. The van der Waals surface area contributed by atoms with Crippen LogP contribution in [0.2, 0.25) is 0 Å². The van der Waals surface area contributed by atoms with Crippen molar-refractivity contribution in [2.45, 2.75) is 19.4 Å². The lowest BCUT2D eigenvalue weighted by Gasteiger charge is -1.99. The fourth-order valence-corrected chi connectivity index (χ4v) is 0.443. The van der Waals surface area contributed by atoms with Gasteiger partial charge in [0.05, 0.1) is 6.04 Å². The maximum Gasteiger partial charge on any atom is 0.235 e. The Morgan fingerprint density at radius 3 is 2.89 bits per heavy atom. The average molecular weight is 129 g/mol. The van der Waals surface area contributed by atoms with Gasteiger partial charge in [0.25, 0.3) is 0 Å². The first-order valence-corrected chi connectivity index (χ1v) is 2.87. The molecule has 0 rings (SSSR count). The van der Waals surface area contributed by atoms with Crippen LogP contribution in [-0.2, 0) is 9.53 Å². The van der Waals surface area contributed by atoms with Gasteiger partial charge in [-0.05, 0) is 13.3 Å². The topological polar surface area (TPSA) is 38.7 Å². The molecule has 3 nitrogen and oxygen atoms in total. The van der Waals surface area contributed by atoms with Gasteiger partial charge in [0, 0.05) is 13.7 Å². The number of carbonyl (C=O) groups excluding carboxylic acids is 1. The van der Waals surface area contributed by atoms with Crippen LogP contribution in [0, 0.1) is 0 Å². The third-order valence-electron chi connectivity index (χ3n) is 1.01. The second kappa shape index (κ2) is 5.48. The zero-order valence-corrected chi connectivity index (χ0v) is 5.76. The average Bonchev–Trinajstić information content (AvgIpc) is 1.85. The predicted molar refractivity (Wildman–Crippen MR) is 34.1 cm³/mol. The van der Waals surface area contributed by atoms with E-state index in [-0.39, 0.29) is 6.04 Å². The van der Waals surface area contributed by atoms with Crippen LogP contribution in [-0.4, -0.2) is 25.8 Å². The lowest BCUT2D eigenvalue weighted by atomic mass is 10.3. The summed E-state index contributed by atoms with van der Waals surface area (Å²) in [4.78, 5) is 13.1. The van der Waals surface area contributed by atoms with E-state index in [9.17, 15) is 4.79 Å². The molecule has 0 amide bonds. The van der Waals surface area contributed by atoms with Crippen molar-refractivity contribution in [3.8, 4) is 0 Å². The molecule has 0 radical (unpaired) electrons. The first-order chi connectivity index (χ1) is 4.31. The number of aliphatic imine (C=N–C) groups is 1. The van der Waals surface area contributed by atoms with Crippen molar-refractivity contribution in [3.05, 3.63) is 0 Å². The Labute approximate surface area is 54.7 Å². The van der Waals surface area contributed by atoms with E-state index in [1.807, 2.05) is 6.92 Å². The SMILES string of the molecule is COCCC(C)N=C=O. The fourth-order valence-electron chi connectivity index (χ4n) is 0.443. The molecule has 0 aromatic carbocycles. The third-order valence-corrected chi connectivity index (χ3v) is 1.01. The first kappa shape index (κ1) is 8.34. The number of ether oxygens (including phenoxy) is 1. The third kappa shape index (κ3) is 5.21. The number of isocyanates is 1. The Bertz CT molecular complexity index is 108. The highest BCUT2D eigenvalue weighted by Gasteiger charge is 1.95. The summed E-state index contributed by atoms with van der Waals surface area (Å²) >= 11 is 0. The van der Waals surface area contributed by atoms with Gasteiger partial charge in [-0.1, -0.05) is 0 Å². The van der Waals surface area contributed by atoms with Crippen LogP contribution in [0.3, 0.4) is 0 Å². The van der Waals surface area contributed by atoms with Gasteiger partial charge in [0.2, 0.25) is 6.08 Å². The maximum absolute atomic E-state index is 9.65. The molecular formula is C6H11NO2. The summed E-state index contributed by atoms with van der Waals surface area (Å²) < 4.78 is 4.77. The summed E-state index contributed by atoms with van der Waals surface area (Å²) in [5.74, 6) is 0. The summed E-state index contributed by atoms with van der Waals surface area (Å²) in [6.07, 6.45) is 2.28. The van der Waals surface area contributed by atoms with Gasteiger partial charge in [-0.2, -0.15) is 0 Å². The van der Waals surface area contributed by atoms with Gasteiger partial charge in [0.15, 0.2) is 0 Å². The second-order valence-corrected chi connectivity index (χ2v) is 1.85. The molecule has 9 heavy (non-hydrogen) atoms. The van der Waals surface area contributed by atoms with E-state index in [2.05, 4.69) is 4.99 Å². The molecular weight excluding hydrogens is 118 g/mol. The van der Waals surface area contributed by atoms with Crippen LogP contribution in [0.15, 0.2) is 4.99 Å². The molecule has 0 N–H and O–H groups in total. The smallest absolute Gasteiger partial charge is 0.235 e. The van der Waals surface area contributed by atoms with Crippen molar-refractivity contribution in [3.63, 3.8) is 0 Å². The molecule has 0 fully saturated rings. The summed E-state index contributed by atoms with van der Waals surface area (Å²) in [7, 11) is 1.62. The first-order valence-electron chi connectivity index (χ1n) is 2.87. The summed E-state index contributed by atoms with van der Waals surface area (Å²) in [6.45, 7) is 2.50. The monoisotopic (exact) mass is 129 g/mol. The molecule has 52 valence electrons. The molecule has 1 atom stereocenters. The van der Waals surface area contributed by atoms with Crippen LogP contribution < -0.4 is 0 Å². The number of methoxy groups -OCH3 is 1. The second-order valence-electron chi connectivity index (χ2n) is 1.85. The lowest BCUT2D eigenvalue weighted by Crippen LogP contribution is -2.01. The van der Waals surface area contributed by atoms with Gasteiger partial charge in [-0.3, -0.25) is 0 Å². The molecule has 0 aliphatic heterocycles. The van der Waals surface area contributed by atoms with Crippen LogP contribution >= 0.6 is 0 Å². The molecule has 3 heteroatoms. The normalized spacial score (nSPS) is 12.2. The van der Waals surface area contributed by atoms with E-state index >= 15 is 0 Å². The van der Waals surface area contributed by atoms with Crippen molar-refractivity contribution >= 4 is 6.08 Å². The zero-order valence-electron chi connectivity index (χ0n) is 5.76. The van der Waals surface area contributed by atoms with Crippen LogP contribution in [0.5, 0.6) is 0 Å². The molecule has 0 heterocycles. The van der Waals surface area contributed by atoms with E-state index in [0.717, 1.165) is 6.42 Å². The van der Waals surface area contributed by atoms with Gasteiger partial charge >= 0.3 is 0 Å². The molecule has 0 saturated heterocycles. The van der Waals surface area contributed by atoms with Crippen molar-refractivity contribution in [2.24, 2.45) is 4.99 Å². The summed E-state index contributed by atoms with van der Waals surface area (Å²) in [6, 6.07) is 0.0439. The van der Waals surface area contributed by atoms with E-state index < -0.39 is 0 Å². The lowest BCUT2D eigenvalue weighted by molar-refractivity contribution is 0.190. The molecule has 0 aromatic heterocycles. The number of hydrogen-bond donors (Lipinski definition) is 0. The van der Waals surface area contributed by atoms with E-state index in [4.69, 9.17) is 4.74 Å². The molecule has 0 aliphatic rings. The summed E-state index contributed by atoms with van der Waals surface area (Å²) in [5.41, 5.74) is 0. The number of hydrogen-bond acceptors (Lipinski definition) is 3. The minimum Gasteiger partial charge on any atom is -0.385 e. The van der Waals surface area contributed by atoms with Crippen LogP contribution in [0.1, 0.15) is 13.3 Å². The molecule has 1 unspecified atom stereocenters. The molecule has 0 aliphatic carbocycles. The fraction of sp³-hybridized carbons (Fsp3) is 0.833. The van der Waals surface area contributed by atoms with Gasteiger partial charge in [0.1, 0.15) is 0 Å². The highest BCUT2D eigenvalue weighted by Crippen LogP contribution is 1.93.